The third-order valence-corrected chi connectivity index (χ3v) is 5.92. The molecule has 5 rings (SSSR count). The van der Waals surface area contributed by atoms with E-state index in [2.05, 4.69) is 50.2 Å². The van der Waals surface area contributed by atoms with Crippen LogP contribution in [0.1, 0.15) is 21.6 Å². The molecule has 0 radical (unpaired) electrons. The van der Waals surface area contributed by atoms with Crippen LogP contribution in [0.4, 0.5) is 0 Å². The summed E-state index contributed by atoms with van der Waals surface area (Å²) in [6.07, 6.45) is 7.44. The van der Waals surface area contributed by atoms with Crippen molar-refractivity contribution in [1.29, 1.82) is 0 Å². The fourth-order valence-corrected chi connectivity index (χ4v) is 4.28. The van der Waals surface area contributed by atoms with Gasteiger partial charge in [-0.3, -0.25) is 4.79 Å². The molecule has 146 valence electrons. The van der Waals surface area contributed by atoms with Crippen LogP contribution < -0.4 is 0 Å². The second-order valence-corrected chi connectivity index (χ2v) is 8.02. The van der Waals surface area contributed by atoms with Crippen LogP contribution >= 0.6 is 15.9 Å². The van der Waals surface area contributed by atoms with Crippen molar-refractivity contribution in [1.82, 2.24) is 14.5 Å². The van der Waals surface area contributed by atoms with Crippen molar-refractivity contribution in [3.8, 4) is 11.1 Å². The van der Waals surface area contributed by atoms with Gasteiger partial charge in [0.25, 0.3) is 0 Å². The Morgan fingerprint density at radius 2 is 1.70 bits per heavy atom. The van der Waals surface area contributed by atoms with Crippen molar-refractivity contribution in [3.63, 3.8) is 0 Å². The van der Waals surface area contributed by atoms with Crippen molar-refractivity contribution in [3.05, 3.63) is 113 Å². The fraction of sp³-hybridized carbons (Fsp3) is 0.0400. The number of nitrogens with one attached hydrogen (secondary N) is 1. The Labute approximate surface area is 182 Å². The summed E-state index contributed by atoms with van der Waals surface area (Å²) < 4.78 is 2.83. The van der Waals surface area contributed by atoms with Crippen LogP contribution in [0.3, 0.4) is 0 Å². The lowest BCUT2D eigenvalue weighted by molar-refractivity contribution is 0.103. The van der Waals surface area contributed by atoms with Gasteiger partial charge in [0.15, 0.2) is 5.78 Å². The first-order valence-corrected chi connectivity index (χ1v) is 10.4. The SMILES string of the molecule is O=C(c1ccccc1Br)c1cn(Cc2cnc[nH]2)cc1-c1cccc2ccccc12. The Morgan fingerprint density at radius 3 is 2.53 bits per heavy atom. The number of hydrogen-bond acceptors (Lipinski definition) is 2. The minimum atomic E-state index is -0.00577. The van der Waals surface area contributed by atoms with Crippen LogP contribution in [0.25, 0.3) is 21.9 Å². The molecule has 1 N–H and O–H groups in total. The summed E-state index contributed by atoms with van der Waals surface area (Å²) >= 11 is 3.53. The van der Waals surface area contributed by atoms with Gasteiger partial charge in [-0.1, -0.05) is 70.5 Å². The predicted molar refractivity (Wildman–Crippen MR) is 123 cm³/mol. The van der Waals surface area contributed by atoms with Crippen LogP contribution in [-0.2, 0) is 6.54 Å². The summed E-state index contributed by atoms with van der Waals surface area (Å²) in [5, 5.41) is 2.27. The van der Waals surface area contributed by atoms with Crippen molar-refractivity contribution in [2.24, 2.45) is 0 Å². The summed E-state index contributed by atoms with van der Waals surface area (Å²) in [5.41, 5.74) is 4.28. The topological polar surface area (TPSA) is 50.7 Å². The Kier molecular flexibility index (Phi) is 4.81. The smallest absolute Gasteiger partial charge is 0.196 e. The van der Waals surface area contributed by atoms with Crippen molar-refractivity contribution in [2.45, 2.75) is 6.54 Å². The normalized spacial score (nSPS) is 11.1. The van der Waals surface area contributed by atoms with Gasteiger partial charge in [0, 0.05) is 39.8 Å². The molecular weight excluding hydrogens is 438 g/mol. The van der Waals surface area contributed by atoms with E-state index < -0.39 is 0 Å². The lowest BCUT2D eigenvalue weighted by Crippen LogP contribution is -2.03. The molecule has 0 bridgehead atoms. The number of aromatic nitrogens is 3. The number of carbonyl (C=O) groups is 1. The van der Waals surface area contributed by atoms with Gasteiger partial charge in [0.05, 0.1) is 18.6 Å². The van der Waals surface area contributed by atoms with Gasteiger partial charge in [-0.2, -0.15) is 0 Å². The van der Waals surface area contributed by atoms with Gasteiger partial charge in [-0.05, 0) is 28.5 Å². The summed E-state index contributed by atoms with van der Waals surface area (Å²) in [7, 11) is 0. The second kappa shape index (κ2) is 7.76. The lowest BCUT2D eigenvalue weighted by Gasteiger charge is -2.08. The van der Waals surface area contributed by atoms with Gasteiger partial charge in [-0.25, -0.2) is 4.98 Å². The van der Waals surface area contributed by atoms with Gasteiger partial charge in [0.2, 0.25) is 0 Å². The highest BCUT2D eigenvalue weighted by Crippen LogP contribution is 2.34. The van der Waals surface area contributed by atoms with Crippen LogP contribution in [0.5, 0.6) is 0 Å². The number of aromatic amines is 1. The van der Waals surface area contributed by atoms with E-state index in [0.29, 0.717) is 17.7 Å². The zero-order chi connectivity index (χ0) is 20.5. The van der Waals surface area contributed by atoms with Crippen LogP contribution in [0.15, 0.2) is 96.1 Å². The third kappa shape index (κ3) is 3.37. The molecule has 0 saturated carbocycles. The number of fused-ring (bicyclic) bond motifs is 1. The number of carbonyl (C=O) groups excluding carboxylic acids is 1. The summed E-state index contributed by atoms with van der Waals surface area (Å²) in [6.45, 7) is 0.612. The zero-order valence-electron chi connectivity index (χ0n) is 16.0. The first-order valence-electron chi connectivity index (χ1n) is 9.65. The van der Waals surface area contributed by atoms with Gasteiger partial charge in [-0.15, -0.1) is 0 Å². The molecule has 3 aromatic carbocycles. The Morgan fingerprint density at radius 1 is 0.900 bits per heavy atom. The number of nitrogens with zero attached hydrogens (tertiary/aromatic N) is 2. The number of hydrogen-bond donors (Lipinski definition) is 1. The van der Waals surface area contributed by atoms with E-state index in [1.807, 2.05) is 59.4 Å². The number of H-pyrrole nitrogens is 1. The lowest BCUT2D eigenvalue weighted by atomic mass is 9.94. The molecule has 0 atom stereocenters. The van der Waals surface area contributed by atoms with Crippen LogP contribution in [0.2, 0.25) is 0 Å². The molecule has 0 aliphatic rings. The molecule has 0 amide bonds. The summed E-state index contributed by atoms with van der Waals surface area (Å²) in [5.74, 6) is -0.00577. The first-order chi connectivity index (χ1) is 14.7. The monoisotopic (exact) mass is 455 g/mol. The maximum atomic E-state index is 13.5. The van der Waals surface area contributed by atoms with Crippen molar-refractivity contribution < 1.29 is 4.79 Å². The van der Waals surface area contributed by atoms with E-state index in [0.717, 1.165) is 32.1 Å². The van der Waals surface area contributed by atoms with E-state index in [4.69, 9.17) is 0 Å². The van der Waals surface area contributed by atoms with Crippen LogP contribution in [-0.4, -0.2) is 20.3 Å². The summed E-state index contributed by atoms with van der Waals surface area (Å²) in [4.78, 5) is 20.8. The third-order valence-electron chi connectivity index (χ3n) is 5.23. The minimum absolute atomic E-state index is 0.00577. The molecule has 0 fully saturated rings. The maximum Gasteiger partial charge on any atom is 0.196 e. The van der Waals surface area contributed by atoms with Gasteiger partial charge >= 0.3 is 0 Å². The second-order valence-electron chi connectivity index (χ2n) is 7.17. The minimum Gasteiger partial charge on any atom is -0.347 e. The molecule has 0 spiro atoms. The highest BCUT2D eigenvalue weighted by molar-refractivity contribution is 9.10. The molecular formula is C25H18BrN3O. The molecule has 2 heterocycles. The quantitative estimate of drug-likeness (QED) is 0.326. The van der Waals surface area contributed by atoms with Crippen LogP contribution in [0, 0.1) is 0 Å². The van der Waals surface area contributed by atoms with E-state index in [1.54, 1.807) is 12.5 Å². The standard InChI is InChI=1S/C25H18BrN3O/c26-24-11-4-3-9-21(24)25(30)23-15-29(13-18-12-27-16-28-18)14-22(23)20-10-5-7-17-6-1-2-8-19(17)20/h1-12,14-16H,13H2,(H,27,28). The zero-order valence-corrected chi connectivity index (χ0v) is 17.6. The molecule has 0 aliphatic heterocycles. The van der Waals surface area contributed by atoms with E-state index in [9.17, 15) is 4.79 Å². The molecule has 30 heavy (non-hydrogen) atoms. The number of benzene rings is 3. The molecule has 4 nitrogen and oxygen atoms in total. The van der Waals surface area contributed by atoms with Crippen molar-refractivity contribution >= 4 is 32.5 Å². The Bertz CT molecular complexity index is 1350. The molecule has 5 aromatic rings. The predicted octanol–water partition coefficient (Wildman–Crippen LogP) is 6.07. The number of imidazole rings is 1. The van der Waals surface area contributed by atoms with Gasteiger partial charge < -0.3 is 9.55 Å². The molecule has 2 aromatic heterocycles. The Hall–Kier alpha value is -3.44. The number of ketones is 1. The largest absolute Gasteiger partial charge is 0.347 e. The first kappa shape index (κ1) is 18.6. The Balaban J connectivity index is 1.69. The molecule has 0 unspecified atom stereocenters. The summed E-state index contributed by atoms with van der Waals surface area (Å²) in [6, 6.07) is 22.0. The van der Waals surface area contributed by atoms with E-state index in [-0.39, 0.29) is 5.78 Å². The average molecular weight is 456 g/mol. The molecule has 0 saturated heterocycles. The number of rotatable bonds is 5. The molecule has 5 heteroatoms. The number of halogens is 1. The van der Waals surface area contributed by atoms with E-state index in [1.165, 1.54) is 0 Å². The van der Waals surface area contributed by atoms with E-state index >= 15 is 0 Å². The average Bonchev–Trinajstić information content (AvgIpc) is 3.43. The molecule has 0 aliphatic carbocycles. The van der Waals surface area contributed by atoms with Gasteiger partial charge in [0.1, 0.15) is 0 Å². The fourth-order valence-electron chi connectivity index (χ4n) is 3.81. The maximum absolute atomic E-state index is 13.5. The highest BCUT2D eigenvalue weighted by Gasteiger charge is 2.20. The highest BCUT2D eigenvalue weighted by atomic mass is 79.9. The van der Waals surface area contributed by atoms with Crippen molar-refractivity contribution in [2.75, 3.05) is 0 Å².